The van der Waals surface area contributed by atoms with Crippen LogP contribution in [0.25, 0.3) is 0 Å². The third-order valence-corrected chi connectivity index (χ3v) is 4.83. The van der Waals surface area contributed by atoms with E-state index < -0.39 is 11.9 Å². The highest BCUT2D eigenvalue weighted by molar-refractivity contribution is 5.85. The van der Waals surface area contributed by atoms with E-state index in [1.807, 2.05) is 18.7 Å². The van der Waals surface area contributed by atoms with Crippen molar-refractivity contribution in [3.05, 3.63) is 0 Å². The minimum atomic E-state index is -0.803. The first kappa shape index (κ1) is 14.4. The van der Waals surface area contributed by atoms with Gasteiger partial charge in [0.15, 0.2) is 0 Å². The van der Waals surface area contributed by atoms with Crippen LogP contribution in [-0.2, 0) is 9.59 Å². The fourth-order valence-electron chi connectivity index (χ4n) is 3.43. The SMILES string of the molecule is CCN(CC1CCC1)C(=O)C1CC(C)CC1C(=O)O. The minimum Gasteiger partial charge on any atom is -0.481 e. The highest BCUT2D eigenvalue weighted by atomic mass is 16.4. The van der Waals surface area contributed by atoms with Crippen LogP contribution in [0, 0.1) is 23.7 Å². The van der Waals surface area contributed by atoms with Gasteiger partial charge in [0.2, 0.25) is 5.91 Å². The van der Waals surface area contributed by atoms with Gasteiger partial charge in [-0.05, 0) is 44.4 Å². The maximum Gasteiger partial charge on any atom is 0.307 e. The number of carboxylic acid groups (broad SMARTS) is 1. The summed E-state index contributed by atoms with van der Waals surface area (Å²) in [6, 6.07) is 0. The first-order valence-electron chi connectivity index (χ1n) is 7.54. The summed E-state index contributed by atoms with van der Waals surface area (Å²) in [5.41, 5.74) is 0. The Kier molecular flexibility index (Phi) is 4.48. The highest BCUT2D eigenvalue weighted by Crippen LogP contribution is 2.38. The number of amides is 1. The Morgan fingerprint density at radius 1 is 1.21 bits per heavy atom. The van der Waals surface area contributed by atoms with Gasteiger partial charge >= 0.3 is 5.97 Å². The molecule has 0 aromatic heterocycles. The molecule has 2 aliphatic carbocycles. The summed E-state index contributed by atoms with van der Waals surface area (Å²) in [7, 11) is 0. The first-order valence-corrected chi connectivity index (χ1v) is 7.54. The maximum atomic E-state index is 12.6. The number of nitrogens with zero attached hydrogens (tertiary/aromatic N) is 1. The zero-order valence-electron chi connectivity index (χ0n) is 12.0. The van der Waals surface area contributed by atoms with Crippen LogP contribution in [0.5, 0.6) is 0 Å². The van der Waals surface area contributed by atoms with Gasteiger partial charge in [0.05, 0.1) is 11.8 Å². The van der Waals surface area contributed by atoms with Gasteiger partial charge in [-0.25, -0.2) is 0 Å². The summed E-state index contributed by atoms with van der Waals surface area (Å²) in [6.45, 7) is 5.56. The molecule has 19 heavy (non-hydrogen) atoms. The number of hydrogen-bond acceptors (Lipinski definition) is 2. The van der Waals surface area contributed by atoms with E-state index in [2.05, 4.69) is 0 Å². The number of carbonyl (C=O) groups excluding carboxylic acids is 1. The molecule has 2 saturated carbocycles. The van der Waals surface area contributed by atoms with Crippen LogP contribution in [-0.4, -0.2) is 35.0 Å². The second kappa shape index (κ2) is 5.93. The van der Waals surface area contributed by atoms with Gasteiger partial charge < -0.3 is 10.0 Å². The molecule has 0 aromatic rings. The van der Waals surface area contributed by atoms with Crippen molar-refractivity contribution in [1.82, 2.24) is 4.90 Å². The van der Waals surface area contributed by atoms with Crippen LogP contribution < -0.4 is 0 Å². The summed E-state index contributed by atoms with van der Waals surface area (Å²) in [5.74, 6) is -0.512. The van der Waals surface area contributed by atoms with Gasteiger partial charge in [-0.3, -0.25) is 9.59 Å². The monoisotopic (exact) mass is 267 g/mol. The Bertz CT molecular complexity index is 351. The van der Waals surface area contributed by atoms with Crippen molar-refractivity contribution in [3.63, 3.8) is 0 Å². The fraction of sp³-hybridized carbons (Fsp3) is 0.867. The molecule has 0 bridgehead atoms. The molecule has 2 aliphatic rings. The van der Waals surface area contributed by atoms with E-state index in [0.717, 1.165) is 13.0 Å². The molecular formula is C15H25NO3. The number of carboxylic acids is 1. The second-order valence-electron chi connectivity index (χ2n) is 6.30. The molecule has 3 unspecified atom stereocenters. The first-order chi connectivity index (χ1) is 9.02. The van der Waals surface area contributed by atoms with Crippen LogP contribution in [0.2, 0.25) is 0 Å². The van der Waals surface area contributed by atoms with E-state index in [0.29, 0.717) is 24.8 Å². The molecule has 4 heteroatoms. The summed E-state index contributed by atoms with van der Waals surface area (Å²) in [4.78, 5) is 25.8. The zero-order chi connectivity index (χ0) is 14.0. The van der Waals surface area contributed by atoms with Crippen LogP contribution in [0.4, 0.5) is 0 Å². The molecule has 2 rings (SSSR count). The normalized spacial score (nSPS) is 30.9. The van der Waals surface area contributed by atoms with Crippen molar-refractivity contribution >= 4 is 11.9 Å². The number of aliphatic carboxylic acids is 1. The van der Waals surface area contributed by atoms with Gasteiger partial charge in [-0.2, -0.15) is 0 Å². The second-order valence-corrected chi connectivity index (χ2v) is 6.30. The highest BCUT2D eigenvalue weighted by Gasteiger charge is 2.42. The molecule has 1 N–H and O–H groups in total. The fourth-order valence-corrected chi connectivity index (χ4v) is 3.43. The molecule has 0 spiro atoms. The van der Waals surface area contributed by atoms with Gasteiger partial charge in [0.25, 0.3) is 0 Å². The van der Waals surface area contributed by atoms with Crippen molar-refractivity contribution in [2.75, 3.05) is 13.1 Å². The molecule has 0 radical (unpaired) electrons. The summed E-state index contributed by atoms with van der Waals surface area (Å²) in [6.07, 6.45) is 5.08. The van der Waals surface area contributed by atoms with Gasteiger partial charge in [0.1, 0.15) is 0 Å². The molecule has 2 fully saturated rings. The minimum absolute atomic E-state index is 0.0751. The summed E-state index contributed by atoms with van der Waals surface area (Å²) in [5, 5.41) is 9.27. The van der Waals surface area contributed by atoms with Gasteiger partial charge in [-0.15, -0.1) is 0 Å². The smallest absolute Gasteiger partial charge is 0.307 e. The predicted octanol–water partition coefficient (Wildman–Crippen LogP) is 2.38. The molecule has 1 amide bonds. The molecule has 108 valence electrons. The number of carbonyl (C=O) groups is 2. The van der Waals surface area contributed by atoms with E-state index in [1.165, 1.54) is 19.3 Å². The van der Waals surface area contributed by atoms with Crippen LogP contribution in [0.15, 0.2) is 0 Å². The van der Waals surface area contributed by atoms with Crippen molar-refractivity contribution in [1.29, 1.82) is 0 Å². The third-order valence-electron chi connectivity index (χ3n) is 4.83. The molecule has 0 heterocycles. The van der Waals surface area contributed by atoms with Crippen LogP contribution >= 0.6 is 0 Å². The lowest BCUT2D eigenvalue weighted by atomic mass is 9.84. The van der Waals surface area contributed by atoms with Crippen molar-refractivity contribution in [2.24, 2.45) is 23.7 Å². The van der Waals surface area contributed by atoms with Crippen molar-refractivity contribution in [2.45, 2.75) is 46.0 Å². The Labute approximate surface area is 115 Å². The lowest BCUT2D eigenvalue weighted by Crippen LogP contribution is -2.42. The van der Waals surface area contributed by atoms with Crippen LogP contribution in [0.3, 0.4) is 0 Å². The molecule has 0 aromatic carbocycles. The summed E-state index contributed by atoms with van der Waals surface area (Å²) < 4.78 is 0. The van der Waals surface area contributed by atoms with E-state index in [1.54, 1.807) is 0 Å². The number of rotatable bonds is 5. The quantitative estimate of drug-likeness (QED) is 0.832. The Morgan fingerprint density at radius 2 is 1.84 bits per heavy atom. The molecular weight excluding hydrogens is 242 g/mol. The standard InChI is InChI=1S/C15H25NO3/c1-3-16(9-11-5-4-6-11)14(17)12-7-10(2)8-13(12)15(18)19/h10-13H,3-9H2,1-2H3,(H,18,19). The zero-order valence-corrected chi connectivity index (χ0v) is 12.0. The van der Waals surface area contributed by atoms with E-state index >= 15 is 0 Å². The lowest BCUT2D eigenvalue weighted by molar-refractivity contribution is -0.149. The maximum absolute atomic E-state index is 12.6. The topological polar surface area (TPSA) is 57.6 Å². The molecule has 4 nitrogen and oxygen atoms in total. The van der Waals surface area contributed by atoms with Crippen molar-refractivity contribution < 1.29 is 14.7 Å². The molecule has 3 atom stereocenters. The van der Waals surface area contributed by atoms with Crippen LogP contribution in [0.1, 0.15) is 46.0 Å². The third kappa shape index (κ3) is 3.10. The Morgan fingerprint density at radius 3 is 2.32 bits per heavy atom. The Hall–Kier alpha value is -1.06. The lowest BCUT2D eigenvalue weighted by Gasteiger charge is -2.33. The van der Waals surface area contributed by atoms with E-state index in [-0.39, 0.29) is 11.8 Å². The van der Waals surface area contributed by atoms with E-state index in [4.69, 9.17) is 0 Å². The summed E-state index contributed by atoms with van der Waals surface area (Å²) >= 11 is 0. The molecule has 0 aliphatic heterocycles. The van der Waals surface area contributed by atoms with Crippen molar-refractivity contribution in [3.8, 4) is 0 Å². The largest absolute Gasteiger partial charge is 0.481 e. The van der Waals surface area contributed by atoms with E-state index in [9.17, 15) is 14.7 Å². The predicted molar refractivity (Wildman–Crippen MR) is 72.6 cm³/mol. The number of hydrogen-bond donors (Lipinski definition) is 1. The van der Waals surface area contributed by atoms with Gasteiger partial charge in [-0.1, -0.05) is 13.3 Å². The van der Waals surface area contributed by atoms with Gasteiger partial charge in [0, 0.05) is 13.1 Å². The Balaban J connectivity index is 2.00. The molecule has 0 saturated heterocycles. The average Bonchev–Trinajstić information content (AvgIpc) is 2.69. The average molecular weight is 267 g/mol.